The predicted molar refractivity (Wildman–Crippen MR) is 125 cm³/mol. The standard InChI is InChI=1S/C24H19ClN4O4/c1-31-19-11-12-20(21(13-19)32-2)24-29-28-23(33-24)17-7-5-16(6-8-17)22(30)27-26-14-15-3-9-18(25)10-4-15/h3-14H,1-2H3,(H,27,30)/b26-14+. The second kappa shape index (κ2) is 9.97. The lowest BCUT2D eigenvalue weighted by molar-refractivity contribution is 0.0955. The summed E-state index contributed by atoms with van der Waals surface area (Å²) in [5, 5.41) is 12.8. The van der Waals surface area contributed by atoms with Gasteiger partial charge in [-0.1, -0.05) is 23.7 Å². The molecule has 1 heterocycles. The highest BCUT2D eigenvalue weighted by atomic mass is 35.5. The first-order valence-corrected chi connectivity index (χ1v) is 10.2. The molecule has 1 aromatic heterocycles. The van der Waals surface area contributed by atoms with Crippen LogP contribution >= 0.6 is 11.6 Å². The number of ether oxygens (including phenoxy) is 2. The molecule has 8 nitrogen and oxygen atoms in total. The molecule has 166 valence electrons. The molecule has 1 N–H and O–H groups in total. The van der Waals surface area contributed by atoms with Crippen molar-refractivity contribution in [3.8, 4) is 34.4 Å². The summed E-state index contributed by atoms with van der Waals surface area (Å²) in [6.45, 7) is 0. The maximum Gasteiger partial charge on any atom is 0.271 e. The van der Waals surface area contributed by atoms with Crippen molar-refractivity contribution in [1.82, 2.24) is 15.6 Å². The van der Waals surface area contributed by atoms with Gasteiger partial charge >= 0.3 is 0 Å². The fraction of sp³-hybridized carbons (Fsp3) is 0.0833. The van der Waals surface area contributed by atoms with Gasteiger partial charge < -0.3 is 13.9 Å². The average Bonchev–Trinajstić information content (AvgIpc) is 3.35. The van der Waals surface area contributed by atoms with Gasteiger partial charge in [0, 0.05) is 22.2 Å². The Labute approximate surface area is 194 Å². The number of nitrogens with one attached hydrogen (secondary N) is 1. The summed E-state index contributed by atoms with van der Waals surface area (Å²) in [4.78, 5) is 12.3. The number of carbonyl (C=O) groups is 1. The minimum absolute atomic E-state index is 0.308. The van der Waals surface area contributed by atoms with E-state index in [1.165, 1.54) is 6.21 Å². The second-order valence-corrected chi connectivity index (χ2v) is 7.24. The zero-order valence-corrected chi connectivity index (χ0v) is 18.5. The van der Waals surface area contributed by atoms with Crippen molar-refractivity contribution in [1.29, 1.82) is 0 Å². The van der Waals surface area contributed by atoms with Crippen LogP contribution < -0.4 is 14.9 Å². The predicted octanol–water partition coefficient (Wildman–Crippen LogP) is 4.84. The van der Waals surface area contributed by atoms with Crippen LogP contribution in [0.25, 0.3) is 22.9 Å². The average molecular weight is 463 g/mol. The van der Waals surface area contributed by atoms with Crippen LogP contribution in [0.5, 0.6) is 11.5 Å². The number of benzene rings is 3. The Balaban J connectivity index is 1.45. The molecule has 0 atom stereocenters. The molecular weight excluding hydrogens is 444 g/mol. The number of hydrogen-bond donors (Lipinski definition) is 1. The highest BCUT2D eigenvalue weighted by Crippen LogP contribution is 2.33. The Hall–Kier alpha value is -4.17. The van der Waals surface area contributed by atoms with Gasteiger partial charge in [-0.2, -0.15) is 5.10 Å². The van der Waals surface area contributed by atoms with Gasteiger partial charge in [0.15, 0.2) is 0 Å². The quantitative estimate of drug-likeness (QED) is 0.312. The summed E-state index contributed by atoms with van der Waals surface area (Å²) in [6, 6.07) is 19.1. The molecule has 0 radical (unpaired) electrons. The maximum absolute atomic E-state index is 12.3. The Morgan fingerprint density at radius 3 is 2.39 bits per heavy atom. The molecule has 3 aromatic carbocycles. The van der Waals surface area contributed by atoms with Crippen molar-refractivity contribution in [2.24, 2.45) is 5.10 Å². The first-order valence-electron chi connectivity index (χ1n) is 9.82. The van der Waals surface area contributed by atoms with E-state index in [-0.39, 0.29) is 5.91 Å². The van der Waals surface area contributed by atoms with Crippen molar-refractivity contribution < 1.29 is 18.7 Å². The number of nitrogens with zero attached hydrogens (tertiary/aromatic N) is 3. The summed E-state index contributed by atoms with van der Waals surface area (Å²) >= 11 is 5.85. The van der Waals surface area contributed by atoms with Gasteiger partial charge in [-0.25, -0.2) is 5.43 Å². The fourth-order valence-electron chi connectivity index (χ4n) is 2.97. The van der Waals surface area contributed by atoms with E-state index in [0.29, 0.717) is 45.0 Å². The molecular formula is C24H19ClN4O4. The van der Waals surface area contributed by atoms with Crippen molar-refractivity contribution in [3.63, 3.8) is 0 Å². The Bertz CT molecular complexity index is 1280. The Kier molecular flexibility index (Phi) is 6.66. The molecule has 0 bridgehead atoms. The van der Waals surface area contributed by atoms with Crippen LogP contribution in [0.15, 0.2) is 76.2 Å². The Morgan fingerprint density at radius 1 is 0.970 bits per heavy atom. The molecule has 0 saturated heterocycles. The third-order valence-corrected chi connectivity index (χ3v) is 4.96. The third kappa shape index (κ3) is 5.19. The highest BCUT2D eigenvalue weighted by molar-refractivity contribution is 6.30. The van der Waals surface area contributed by atoms with Gasteiger partial charge in [0.2, 0.25) is 5.89 Å². The van der Waals surface area contributed by atoms with E-state index in [9.17, 15) is 4.79 Å². The van der Waals surface area contributed by atoms with E-state index in [1.807, 2.05) is 0 Å². The molecule has 0 aliphatic carbocycles. The van der Waals surface area contributed by atoms with Crippen LogP contribution in [0, 0.1) is 0 Å². The van der Waals surface area contributed by atoms with E-state index in [4.69, 9.17) is 25.5 Å². The van der Waals surface area contributed by atoms with Crippen molar-refractivity contribution in [2.75, 3.05) is 14.2 Å². The number of carbonyl (C=O) groups excluding carboxylic acids is 1. The summed E-state index contributed by atoms with van der Waals surface area (Å²) in [7, 11) is 3.13. The van der Waals surface area contributed by atoms with Gasteiger partial charge in [-0.05, 0) is 54.1 Å². The SMILES string of the molecule is COc1ccc(-c2nnc(-c3ccc(C(=O)N/N=C/c4ccc(Cl)cc4)cc3)o2)c(OC)c1. The number of halogens is 1. The normalized spacial score (nSPS) is 10.9. The van der Waals surface area contributed by atoms with Crippen LogP contribution in [0.4, 0.5) is 0 Å². The van der Waals surface area contributed by atoms with Crippen molar-refractivity contribution >= 4 is 23.7 Å². The minimum atomic E-state index is -0.346. The summed E-state index contributed by atoms with van der Waals surface area (Å²) in [5.74, 6) is 1.48. The fourth-order valence-corrected chi connectivity index (χ4v) is 3.09. The maximum atomic E-state index is 12.3. The van der Waals surface area contributed by atoms with Gasteiger partial charge in [0.05, 0.1) is 26.0 Å². The summed E-state index contributed by atoms with van der Waals surface area (Å²) in [6.07, 6.45) is 1.54. The smallest absolute Gasteiger partial charge is 0.271 e. The molecule has 0 aliphatic rings. The summed E-state index contributed by atoms with van der Waals surface area (Å²) in [5.41, 5.74) is 5.05. The van der Waals surface area contributed by atoms with E-state index in [0.717, 1.165) is 5.56 Å². The van der Waals surface area contributed by atoms with Crippen LogP contribution in [-0.4, -0.2) is 36.5 Å². The largest absolute Gasteiger partial charge is 0.497 e. The van der Waals surface area contributed by atoms with E-state index in [1.54, 1.807) is 80.9 Å². The van der Waals surface area contributed by atoms with Gasteiger partial charge in [-0.15, -0.1) is 10.2 Å². The van der Waals surface area contributed by atoms with Crippen molar-refractivity contribution in [2.45, 2.75) is 0 Å². The number of amides is 1. The molecule has 4 rings (SSSR count). The third-order valence-electron chi connectivity index (χ3n) is 4.71. The minimum Gasteiger partial charge on any atom is -0.497 e. The molecule has 0 fully saturated rings. The lowest BCUT2D eigenvalue weighted by Gasteiger charge is -2.07. The molecule has 0 saturated carbocycles. The van der Waals surface area contributed by atoms with Crippen LogP contribution in [0.2, 0.25) is 5.02 Å². The monoisotopic (exact) mass is 462 g/mol. The molecule has 33 heavy (non-hydrogen) atoms. The molecule has 0 unspecified atom stereocenters. The second-order valence-electron chi connectivity index (χ2n) is 6.81. The molecule has 0 spiro atoms. The number of aromatic nitrogens is 2. The van der Waals surface area contributed by atoms with E-state index < -0.39 is 0 Å². The van der Waals surface area contributed by atoms with Crippen molar-refractivity contribution in [3.05, 3.63) is 82.9 Å². The van der Waals surface area contributed by atoms with Crippen LogP contribution in [0.3, 0.4) is 0 Å². The molecule has 1 amide bonds. The zero-order valence-electron chi connectivity index (χ0n) is 17.8. The van der Waals surface area contributed by atoms with Gasteiger partial charge in [0.25, 0.3) is 11.8 Å². The topological polar surface area (TPSA) is 98.8 Å². The molecule has 0 aliphatic heterocycles. The number of hydrazone groups is 1. The zero-order chi connectivity index (χ0) is 23.2. The lowest BCUT2D eigenvalue weighted by atomic mass is 10.1. The lowest BCUT2D eigenvalue weighted by Crippen LogP contribution is -2.17. The number of methoxy groups -OCH3 is 2. The van der Waals surface area contributed by atoms with E-state index >= 15 is 0 Å². The van der Waals surface area contributed by atoms with Gasteiger partial charge in [-0.3, -0.25) is 4.79 Å². The van der Waals surface area contributed by atoms with Crippen LogP contribution in [-0.2, 0) is 0 Å². The Morgan fingerprint density at radius 2 is 1.70 bits per heavy atom. The first kappa shape index (κ1) is 22.0. The molecule has 4 aromatic rings. The number of rotatable bonds is 7. The van der Waals surface area contributed by atoms with Gasteiger partial charge in [0.1, 0.15) is 11.5 Å². The number of hydrogen-bond acceptors (Lipinski definition) is 7. The first-order chi connectivity index (χ1) is 16.1. The summed E-state index contributed by atoms with van der Waals surface area (Å²) < 4.78 is 16.4. The van der Waals surface area contributed by atoms with Crippen LogP contribution in [0.1, 0.15) is 15.9 Å². The highest BCUT2D eigenvalue weighted by Gasteiger charge is 2.16. The van der Waals surface area contributed by atoms with E-state index in [2.05, 4.69) is 20.7 Å². The molecule has 9 heteroatoms.